The summed E-state index contributed by atoms with van der Waals surface area (Å²) in [6.07, 6.45) is 2.58. The fourth-order valence-corrected chi connectivity index (χ4v) is 4.19. The fraction of sp³-hybridized carbons (Fsp3) is 0.250. The average molecular weight is 480 g/mol. The van der Waals surface area contributed by atoms with Crippen LogP contribution in [-0.2, 0) is 22.5 Å². The molecule has 29 heavy (non-hydrogen) atoms. The molecule has 0 bridgehead atoms. The molecule has 0 saturated heterocycles. The van der Waals surface area contributed by atoms with Gasteiger partial charge in [-0.25, -0.2) is 4.79 Å². The van der Waals surface area contributed by atoms with E-state index in [2.05, 4.69) is 37.9 Å². The van der Waals surface area contributed by atoms with Crippen LogP contribution < -0.4 is 16.4 Å². The highest BCUT2D eigenvalue weighted by Gasteiger charge is 2.24. The number of thiophene rings is 1. The molecular weight excluding hydrogens is 458 g/mol. The number of carbonyl (C=O) groups is 3. The van der Waals surface area contributed by atoms with Crippen molar-refractivity contribution in [3.8, 4) is 0 Å². The van der Waals surface area contributed by atoms with Crippen molar-refractivity contribution in [3.63, 3.8) is 0 Å². The molecule has 1 aromatic heterocycles. The van der Waals surface area contributed by atoms with E-state index in [0.717, 1.165) is 28.9 Å². The number of nitrogens with one attached hydrogen (secondary N) is 2. The van der Waals surface area contributed by atoms with Gasteiger partial charge in [-0.15, -0.1) is 17.9 Å². The molecule has 0 spiro atoms. The number of halogens is 1. The molecule has 2 rings (SSSR count). The van der Waals surface area contributed by atoms with Crippen molar-refractivity contribution in [1.82, 2.24) is 10.6 Å². The van der Waals surface area contributed by atoms with E-state index in [9.17, 15) is 14.4 Å². The van der Waals surface area contributed by atoms with Crippen molar-refractivity contribution in [2.75, 3.05) is 13.7 Å². The minimum atomic E-state index is -0.957. The largest absolute Gasteiger partial charge is 0.467 e. The van der Waals surface area contributed by atoms with E-state index >= 15 is 0 Å². The van der Waals surface area contributed by atoms with E-state index in [1.807, 2.05) is 30.3 Å². The van der Waals surface area contributed by atoms with Gasteiger partial charge in [0.1, 0.15) is 10.9 Å². The number of hydrogen-bond acceptors (Lipinski definition) is 6. The van der Waals surface area contributed by atoms with E-state index in [1.165, 1.54) is 7.11 Å². The molecule has 0 aliphatic carbocycles. The number of hydrogen-bond donors (Lipinski definition) is 3. The van der Waals surface area contributed by atoms with Gasteiger partial charge >= 0.3 is 5.97 Å². The van der Waals surface area contributed by atoms with Crippen LogP contribution in [0.25, 0.3) is 0 Å². The van der Waals surface area contributed by atoms with E-state index in [1.54, 1.807) is 6.07 Å². The number of methoxy groups -OCH3 is 1. The van der Waals surface area contributed by atoms with Gasteiger partial charge in [0, 0.05) is 17.6 Å². The normalized spacial score (nSPS) is 11.4. The van der Waals surface area contributed by atoms with Crippen LogP contribution >= 0.6 is 27.3 Å². The summed E-state index contributed by atoms with van der Waals surface area (Å²) in [5, 5.41) is 5.35. The maximum absolute atomic E-state index is 12.5. The van der Waals surface area contributed by atoms with Gasteiger partial charge in [0.25, 0.3) is 11.8 Å². The zero-order valence-electron chi connectivity index (χ0n) is 15.9. The van der Waals surface area contributed by atoms with Gasteiger partial charge in [-0.2, -0.15) is 0 Å². The maximum atomic E-state index is 12.5. The Morgan fingerprint density at radius 1 is 1.28 bits per heavy atom. The molecule has 0 radical (unpaired) electrons. The molecular formula is C20H22BrN3O4S. The fourth-order valence-electron chi connectivity index (χ4n) is 2.52. The van der Waals surface area contributed by atoms with E-state index in [-0.39, 0.29) is 17.3 Å². The first-order chi connectivity index (χ1) is 13.9. The Kier molecular flexibility index (Phi) is 8.56. The van der Waals surface area contributed by atoms with E-state index in [4.69, 9.17) is 5.73 Å². The van der Waals surface area contributed by atoms with Gasteiger partial charge in [-0.1, -0.05) is 30.3 Å². The number of esters is 1. The first kappa shape index (κ1) is 22.8. The van der Waals surface area contributed by atoms with Gasteiger partial charge < -0.3 is 21.1 Å². The molecule has 4 N–H and O–H groups in total. The summed E-state index contributed by atoms with van der Waals surface area (Å²) in [6.45, 7) is 3.99. The third-order valence-corrected chi connectivity index (χ3v) is 5.99. The zero-order chi connectivity index (χ0) is 21.4. The van der Waals surface area contributed by atoms with Crippen LogP contribution in [0.2, 0.25) is 0 Å². The number of amides is 2. The lowest BCUT2D eigenvalue weighted by atomic mass is 10.1. The first-order valence-corrected chi connectivity index (χ1v) is 10.4. The first-order valence-electron chi connectivity index (χ1n) is 8.74. The number of nitrogens with two attached hydrogens (primary N) is 1. The van der Waals surface area contributed by atoms with Crippen LogP contribution in [0.5, 0.6) is 0 Å². The Balaban J connectivity index is 2.04. The van der Waals surface area contributed by atoms with Gasteiger partial charge in [0.2, 0.25) is 0 Å². The molecule has 0 aliphatic rings. The van der Waals surface area contributed by atoms with Crippen LogP contribution in [0.4, 0.5) is 0 Å². The topological polar surface area (TPSA) is 111 Å². The van der Waals surface area contributed by atoms with Crippen molar-refractivity contribution in [2.24, 2.45) is 5.73 Å². The van der Waals surface area contributed by atoms with E-state index in [0.29, 0.717) is 15.9 Å². The lowest BCUT2D eigenvalue weighted by Crippen LogP contribution is -2.46. The third-order valence-electron chi connectivity index (χ3n) is 3.97. The van der Waals surface area contributed by atoms with Crippen molar-refractivity contribution in [1.29, 1.82) is 0 Å². The average Bonchev–Trinajstić information content (AvgIpc) is 3.12. The molecule has 2 amide bonds. The SMILES string of the molecule is C=CCc1cccc(CNC(=O)c2cc(Br)c(C(=O)NC(CN)C(=O)OC)s2)c1. The molecule has 0 saturated carbocycles. The summed E-state index contributed by atoms with van der Waals surface area (Å²) in [7, 11) is 1.22. The number of ether oxygens (including phenoxy) is 1. The van der Waals surface area contributed by atoms with Crippen LogP contribution in [0.1, 0.15) is 30.5 Å². The monoisotopic (exact) mass is 479 g/mol. The summed E-state index contributed by atoms with van der Waals surface area (Å²) in [6, 6.07) is 8.47. The minimum Gasteiger partial charge on any atom is -0.467 e. The van der Waals surface area contributed by atoms with Gasteiger partial charge in [-0.3, -0.25) is 9.59 Å². The zero-order valence-corrected chi connectivity index (χ0v) is 18.3. The molecule has 1 atom stereocenters. The summed E-state index contributed by atoms with van der Waals surface area (Å²) in [5.74, 6) is -1.45. The number of benzene rings is 1. The standard InChI is InChI=1S/C20H22BrN3O4S/c1-3-5-12-6-4-7-13(8-12)11-23-18(25)16-9-14(21)17(29-16)19(26)24-15(10-22)20(27)28-2/h3-4,6-9,15H,1,5,10-11,22H2,2H3,(H,23,25)(H,24,26). The molecule has 1 unspecified atom stereocenters. The van der Waals surface area contributed by atoms with Gasteiger partial charge in [0.15, 0.2) is 0 Å². The van der Waals surface area contributed by atoms with Crippen molar-refractivity contribution in [3.05, 3.63) is 68.3 Å². The lowest BCUT2D eigenvalue weighted by Gasteiger charge is -2.13. The summed E-state index contributed by atoms with van der Waals surface area (Å²) < 4.78 is 5.06. The second kappa shape index (κ2) is 10.9. The third kappa shape index (κ3) is 6.25. The number of allylic oxidation sites excluding steroid dienone is 1. The van der Waals surface area contributed by atoms with Crippen LogP contribution in [0.15, 0.2) is 47.5 Å². The van der Waals surface area contributed by atoms with Crippen LogP contribution in [-0.4, -0.2) is 37.5 Å². The highest BCUT2D eigenvalue weighted by molar-refractivity contribution is 9.10. The Morgan fingerprint density at radius 3 is 2.66 bits per heavy atom. The number of carbonyl (C=O) groups excluding carboxylic acids is 3. The van der Waals surface area contributed by atoms with Crippen molar-refractivity contribution >= 4 is 45.1 Å². The second-order valence-corrected chi connectivity index (χ2v) is 7.97. The Morgan fingerprint density at radius 2 is 2.00 bits per heavy atom. The van der Waals surface area contributed by atoms with Gasteiger partial charge in [-0.05, 0) is 39.5 Å². The van der Waals surface area contributed by atoms with E-state index < -0.39 is 17.9 Å². The molecule has 1 aromatic carbocycles. The summed E-state index contributed by atoms with van der Waals surface area (Å²) in [4.78, 5) is 37.2. The molecule has 0 fully saturated rings. The second-order valence-electron chi connectivity index (χ2n) is 6.07. The lowest BCUT2D eigenvalue weighted by molar-refractivity contribution is -0.142. The predicted molar refractivity (Wildman–Crippen MR) is 116 cm³/mol. The Hall–Kier alpha value is -2.49. The smallest absolute Gasteiger partial charge is 0.329 e. The number of rotatable bonds is 9. The summed E-state index contributed by atoms with van der Waals surface area (Å²) in [5.41, 5.74) is 7.58. The molecule has 0 aliphatic heterocycles. The molecule has 154 valence electrons. The predicted octanol–water partition coefficient (Wildman–Crippen LogP) is 2.40. The Bertz CT molecular complexity index is 913. The Labute approximate surface area is 181 Å². The molecule has 1 heterocycles. The quantitative estimate of drug-likeness (QED) is 0.377. The van der Waals surface area contributed by atoms with Crippen LogP contribution in [0, 0.1) is 0 Å². The molecule has 2 aromatic rings. The maximum Gasteiger partial charge on any atom is 0.329 e. The molecule has 7 nitrogen and oxygen atoms in total. The highest BCUT2D eigenvalue weighted by atomic mass is 79.9. The minimum absolute atomic E-state index is 0.0976. The van der Waals surface area contributed by atoms with Gasteiger partial charge in [0.05, 0.1) is 12.0 Å². The van der Waals surface area contributed by atoms with Crippen molar-refractivity contribution < 1.29 is 19.1 Å². The summed E-state index contributed by atoms with van der Waals surface area (Å²) >= 11 is 4.30. The molecule has 9 heteroatoms. The van der Waals surface area contributed by atoms with Crippen molar-refractivity contribution in [2.45, 2.75) is 19.0 Å². The highest BCUT2D eigenvalue weighted by Crippen LogP contribution is 2.27. The van der Waals surface area contributed by atoms with Crippen LogP contribution in [0.3, 0.4) is 0 Å².